The quantitative estimate of drug-likeness (QED) is 0.804. The van der Waals surface area contributed by atoms with Crippen molar-refractivity contribution in [2.24, 2.45) is 5.92 Å². The van der Waals surface area contributed by atoms with Crippen LogP contribution in [0.2, 0.25) is 0 Å². The van der Waals surface area contributed by atoms with E-state index in [1.807, 2.05) is 41.1 Å². The van der Waals surface area contributed by atoms with Gasteiger partial charge in [0.2, 0.25) is 5.91 Å². The third-order valence-electron chi connectivity index (χ3n) is 3.77. The molecule has 23 heavy (non-hydrogen) atoms. The fourth-order valence-electron chi connectivity index (χ4n) is 2.32. The van der Waals surface area contributed by atoms with E-state index in [9.17, 15) is 14.7 Å². The molecule has 1 amide bonds. The van der Waals surface area contributed by atoms with Crippen LogP contribution in [0.5, 0.6) is 0 Å². The minimum absolute atomic E-state index is 0.00462. The minimum Gasteiger partial charge on any atom is -0.481 e. The Morgan fingerprint density at radius 3 is 2.65 bits per heavy atom. The van der Waals surface area contributed by atoms with Gasteiger partial charge >= 0.3 is 5.97 Å². The number of carbonyl (C=O) groups excluding carboxylic acids is 1. The van der Waals surface area contributed by atoms with Gasteiger partial charge in [0, 0.05) is 39.0 Å². The molecule has 2 rings (SSSR count). The first-order chi connectivity index (χ1) is 11.1. The molecule has 6 heteroatoms. The summed E-state index contributed by atoms with van der Waals surface area (Å²) in [7, 11) is 1.70. The highest BCUT2D eigenvalue weighted by Crippen LogP contribution is 2.14. The Bertz CT molecular complexity index is 626. The Morgan fingerprint density at radius 2 is 2.04 bits per heavy atom. The first kappa shape index (κ1) is 16.7. The molecule has 122 valence electrons. The Kier molecular flexibility index (Phi) is 5.91. The van der Waals surface area contributed by atoms with Crippen LogP contribution in [0, 0.1) is 5.92 Å². The summed E-state index contributed by atoms with van der Waals surface area (Å²) in [5.41, 5.74) is 0.925. The smallest absolute Gasteiger partial charge is 0.307 e. The molecule has 0 saturated carbocycles. The Morgan fingerprint density at radius 1 is 1.30 bits per heavy atom. The van der Waals surface area contributed by atoms with Gasteiger partial charge in [-0.2, -0.15) is 0 Å². The number of carbonyl (C=O) groups is 2. The lowest BCUT2D eigenvalue weighted by Gasteiger charge is -2.20. The van der Waals surface area contributed by atoms with Crippen LogP contribution in [0.3, 0.4) is 0 Å². The second-order valence-electron chi connectivity index (χ2n) is 5.54. The van der Waals surface area contributed by atoms with Crippen molar-refractivity contribution in [2.75, 3.05) is 13.6 Å². The van der Waals surface area contributed by atoms with Gasteiger partial charge in [0.15, 0.2) is 0 Å². The van der Waals surface area contributed by atoms with E-state index in [0.29, 0.717) is 19.5 Å². The monoisotopic (exact) mass is 315 g/mol. The van der Waals surface area contributed by atoms with Crippen molar-refractivity contribution in [1.29, 1.82) is 0 Å². The summed E-state index contributed by atoms with van der Waals surface area (Å²) in [5.74, 6) is -1.81. The maximum Gasteiger partial charge on any atom is 0.307 e. The third-order valence-corrected chi connectivity index (χ3v) is 3.77. The van der Waals surface area contributed by atoms with Gasteiger partial charge in [-0.1, -0.05) is 30.3 Å². The van der Waals surface area contributed by atoms with Crippen LogP contribution in [0.1, 0.15) is 12.0 Å². The lowest BCUT2D eigenvalue weighted by molar-refractivity contribution is -0.145. The summed E-state index contributed by atoms with van der Waals surface area (Å²) < 4.78 is 1.88. The van der Waals surface area contributed by atoms with E-state index in [2.05, 4.69) is 4.98 Å². The van der Waals surface area contributed by atoms with Gasteiger partial charge in [-0.05, 0) is 12.0 Å². The summed E-state index contributed by atoms with van der Waals surface area (Å²) in [5, 5.41) is 9.36. The SMILES string of the molecule is CN(CCn1ccnc1)C(=O)C[C@@H](Cc1ccccc1)C(=O)O. The van der Waals surface area contributed by atoms with Gasteiger partial charge in [0.25, 0.3) is 0 Å². The van der Waals surface area contributed by atoms with Gasteiger partial charge in [0.1, 0.15) is 0 Å². The van der Waals surface area contributed by atoms with E-state index in [0.717, 1.165) is 5.56 Å². The molecule has 2 aromatic rings. The highest BCUT2D eigenvalue weighted by atomic mass is 16.4. The first-order valence-electron chi connectivity index (χ1n) is 7.52. The molecular formula is C17H21N3O3. The van der Waals surface area contributed by atoms with Gasteiger partial charge in [-0.15, -0.1) is 0 Å². The van der Waals surface area contributed by atoms with Gasteiger partial charge in [0.05, 0.1) is 12.2 Å². The summed E-state index contributed by atoms with van der Waals surface area (Å²) in [4.78, 5) is 29.2. The summed E-state index contributed by atoms with van der Waals surface area (Å²) in [6, 6.07) is 9.38. The molecule has 1 N–H and O–H groups in total. The van der Waals surface area contributed by atoms with Gasteiger partial charge in [-0.25, -0.2) is 4.98 Å². The molecule has 0 spiro atoms. The fraction of sp³-hybridized carbons (Fsp3) is 0.353. The zero-order valence-corrected chi connectivity index (χ0v) is 13.1. The molecule has 1 atom stereocenters. The second kappa shape index (κ2) is 8.12. The summed E-state index contributed by atoms with van der Waals surface area (Å²) >= 11 is 0. The molecule has 1 aromatic carbocycles. The van der Waals surface area contributed by atoms with E-state index in [1.54, 1.807) is 24.5 Å². The number of nitrogens with zero attached hydrogens (tertiary/aromatic N) is 3. The van der Waals surface area contributed by atoms with Gasteiger partial charge in [-0.3, -0.25) is 9.59 Å². The third kappa shape index (κ3) is 5.25. The zero-order valence-electron chi connectivity index (χ0n) is 13.1. The zero-order chi connectivity index (χ0) is 16.7. The molecule has 1 heterocycles. The van der Waals surface area contributed by atoms with Crippen molar-refractivity contribution in [2.45, 2.75) is 19.4 Å². The number of likely N-dealkylation sites (N-methyl/N-ethyl adjacent to an activating group) is 1. The number of carboxylic acid groups (broad SMARTS) is 1. The average Bonchev–Trinajstić information content (AvgIpc) is 3.06. The van der Waals surface area contributed by atoms with E-state index >= 15 is 0 Å². The average molecular weight is 315 g/mol. The predicted molar refractivity (Wildman–Crippen MR) is 85.8 cm³/mol. The van der Waals surface area contributed by atoms with Crippen LogP contribution in [0.15, 0.2) is 49.1 Å². The molecule has 6 nitrogen and oxygen atoms in total. The number of hydrogen-bond acceptors (Lipinski definition) is 3. The standard InChI is InChI=1S/C17H21N3O3/c1-19(9-10-20-8-7-18-13-20)16(21)12-15(17(22)23)11-14-5-3-2-4-6-14/h2-8,13,15H,9-12H2,1H3,(H,22,23)/t15-/m1/s1. The topological polar surface area (TPSA) is 75.4 Å². The molecule has 1 aromatic heterocycles. The van der Waals surface area contributed by atoms with Crippen molar-refractivity contribution in [3.63, 3.8) is 0 Å². The molecule has 0 radical (unpaired) electrons. The van der Waals surface area contributed by atoms with Gasteiger partial charge < -0.3 is 14.6 Å². The van der Waals surface area contributed by atoms with Crippen LogP contribution in [0.25, 0.3) is 0 Å². The maximum atomic E-state index is 12.2. The number of benzene rings is 1. The molecule has 0 unspecified atom stereocenters. The van der Waals surface area contributed by atoms with E-state index in [4.69, 9.17) is 0 Å². The molecule has 0 saturated heterocycles. The van der Waals surface area contributed by atoms with Crippen LogP contribution in [-0.2, 0) is 22.6 Å². The largest absolute Gasteiger partial charge is 0.481 e. The highest BCUT2D eigenvalue weighted by molar-refractivity contribution is 5.82. The Balaban J connectivity index is 1.88. The number of carboxylic acids is 1. The van der Waals surface area contributed by atoms with Crippen molar-refractivity contribution >= 4 is 11.9 Å². The number of imidazole rings is 1. The highest BCUT2D eigenvalue weighted by Gasteiger charge is 2.23. The minimum atomic E-state index is -0.940. The number of rotatable bonds is 8. The maximum absolute atomic E-state index is 12.2. The number of aromatic nitrogens is 2. The number of aliphatic carboxylic acids is 1. The van der Waals surface area contributed by atoms with E-state index in [-0.39, 0.29) is 12.3 Å². The molecule has 0 aliphatic carbocycles. The van der Waals surface area contributed by atoms with Crippen molar-refractivity contribution in [1.82, 2.24) is 14.5 Å². The molecular weight excluding hydrogens is 294 g/mol. The van der Waals surface area contributed by atoms with Crippen molar-refractivity contribution in [3.05, 3.63) is 54.6 Å². The predicted octanol–water partition coefficient (Wildman–Crippen LogP) is 1.68. The van der Waals surface area contributed by atoms with E-state index in [1.165, 1.54) is 0 Å². The van der Waals surface area contributed by atoms with Crippen LogP contribution in [0.4, 0.5) is 0 Å². The first-order valence-corrected chi connectivity index (χ1v) is 7.52. The van der Waals surface area contributed by atoms with Crippen LogP contribution < -0.4 is 0 Å². The van der Waals surface area contributed by atoms with E-state index < -0.39 is 11.9 Å². The Hall–Kier alpha value is -2.63. The fourth-order valence-corrected chi connectivity index (χ4v) is 2.32. The summed E-state index contributed by atoms with van der Waals surface area (Å²) in [6.45, 7) is 1.16. The number of amides is 1. The number of hydrogen-bond donors (Lipinski definition) is 1. The van der Waals surface area contributed by atoms with Crippen LogP contribution in [-0.4, -0.2) is 45.0 Å². The lowest BCUT2D eigenvalue weighted by atomic mass is 9.96. The normalized spacial score (nSPS) is 11.9. The second-order valence-corrected chi connectivity index (χ2v) is 5.54. The molecule has 0 aliphatic rings. The molecule has 0 aliphatic heterocycles. The van der Waals surface area contributed by atoms with Crippen molar-refractivity contribution in [3.8, 4) is 0 Å². The molecule has 0 fully saturated rings. The van der Waals surface area contributed by atoms with Crippen molar-refractivity contribution < 1.29 is 14.7 Å². The lowest BCUT2D eigenvalue weighted by Crippen LogP contribution is -2.33. The Labute approximate surface area is 135 Å². The summed E-state index contributed by atoms with van der Waals surface area (Å²) in [6.07, 6.45) is 5.56. The van der Waals surface area contributed by atoms with Crippen LogP contribution >= 0.6 is 0 Å². The molecule has 0 bridgehead atoms.